The van der Waals surface area contributed by atoms with Crippen molar-refractivity contribution in [3.63, 3.8) is 0 Å². The van der Waals surface area contributed by atoms with Crippen LogP contribution < -0.4 is 19.6 Å². The molecular formula is C14H14N2O2S. The van der Waals surface area contributed by atoms with Gasteiger partial charge in [-0.3, -0.25) is 14.4 Å². The van der Waals surface area contributed by atoms with Gasteiger partial charge in [-0.2, -0.15) is 0 Å². The van der Waals surface area contributed by atoms with Crippen molar-refractivity contribution < 1.29 is 4.74 Å². The molecule has 3 rings (SSSR count). The van der Waals surface area contributed by atoms with Gasteiger partial charge in [0.05, 0.1) is 18.2 Å². The third kappa shape index (κ3) is 2.00. The van der Waals surface area contributed by atoms with Crippen LogP contribution in [0.25, 0.3) is 5.57 Å². The quantitative estimate of drug-likeness (QED) is 0.812. The molecule has 2 aromatic rings. The maximum atomic E-state index is 12.3. The lowest BCUT2D eigenvalue weighted by molar-refractivity contribution is 0.415. The summed E-state index contributed by atoms with van der Waals surface area (Å²) in [5.41, 5.74) is 2.11. The first-order chi connectivity index (χ1) is 9.20. The zero-order chi connectivity index (χ0) is 13.4. The van der Waals surface area contributed by atoms with E-state index >= 15 is 0 Å². The van der Waals surface area contributed by atoms with E-state index in [0.717, 1.165) is 32.8 Å². The maximum absolute atomic E-state index is 12.3. The Morgan fingerprint density at radius 3 is 2.74 bits per heavy atom. The Bertz CT molecular complexity index is 784. The van der Waals surface area contributed by atoms with E-state index in [0.29, 0.717) is 6.54 Å². The molecule has 0 fully saturated rings. The van der Waals surface area contributed by atoms with Gasteiger partial charge in [-0.05, 0) is 30.2 Å². The van der Waals surface area contributed by atoms with Crippen molar-refractivity contribution in [1.29, 1.82) is 0 Å². The van der Waals surface area contributed by atoms with Crippen LogP contribution in [0.4, 0.5) is 0 Å². The number of rotatable bonds is 2. The molecule has 1 aromatic carbocycles. The van der Waals surface area contributed by atoms with E-state index in [1.54, 1.807) is 11.7 Å². The van der Waals surface area contributed by atoms with Crippen molar-refractivity contribution in [2.75, 3.05) is 13.7 Å². The molecule has 2 heterocycles. The van der Waals surface area contributed by atoms with Crippen molar-refractivity contribution in [3.05, 3.63) is 49.5 Å². The number of benzene rings is 1. The van der Waals surface area contributed by atoms with Crippen LogP contribution in [0.2, 0.25) is 0 Å². The summed E-state index contributed by atoms with van der Waals surface area (Å²) >= 11 is 1.48. The van der Waals surface area contributed by atoms with Crippen molar-refractivity contribution in [2.45, 2.75) is 13.5 Å². The van der Waals surface area contributed by atoms with Gasteiger partial charge in [0, 0.05) is 6.54 Å². The van der Waals surface area contributed by atoms with Crippen LogP contribution in [-0.2, 0) is 6.54 Å². The summed E-state index contributed by atoms with van der Waals surface area (Å²) < 4.78 is 7.68. The maximum Gasteiger partial charge on any atom is 0.270 e. The molecule has 0 saturated heterocycles. The first-order valence-electron chi connectivity index (χ1n) is 6.10. The zero-order valence-corrected chi connectivity index (χ0v) is 11.7. The normalized spacial score (nSPS) is 14.8. The average molecular weight is 274 g/mol. The molecule has 0 saturated carbocycles. The van der Waals surface area contributed by atoms with Crippen LogP contribution >= 0.6 is 11.3 Å². The second kappa shape index (κ2) is 4.66. The van der Waals surface area contributed by atoms with Gasteiger partial charge in [0.15, 0.2) is 4.80 Å². The molecule has 19 heavy (non-hydrogen) atoms. The number of nitrogens with zero attached hydrogens (tertiary/aromatic N) is 2. The molecule has 0 radical (unpaired) electrons. The molecule has 0 atom stereocenters. The minimum absolute atomic E-state index is 0.0783. The molecule has 0 N–H and O–H groups in total. The van der Waals surface area contributed by atoms with Gasteiger partial charge in [0.25, 0.3) is 5.56 Å². The standard InChI is InChI=1S/C14H14N2O2S/c1-9(10-3-5-11(18-2)6-4-10)12-13(17)16-8-7-15-14(16)19-12/h3-6H,7-8H2,1-2H3/b12-9-. The summed E-state index contributed by atoms with van der Waals surface area (Å²) in [4.78, 5) is 17.4. The lowest BCUT2D eigenvalue weighted by atomic mass is 10.1. The minimum Gasteiger partial charge on any atom is -0.497 e. The number of hydrogen-bond donors (Lipinski definition) is 0. The van der Waals surface area contributed by atoms with Crippen LogP contribution in [0.15, 0.2) is 34.1 Å². The first kappa shape index (κ1) is 12.2. The van der Waals surface area contributed by atoms with E-state index in [2.05, 4.69) is 4.99 Å². The first-order valence-corrected chi connectivity index (χ1v) is 6.92. The molecule has 1 aliphatic rings. The number of aromatic nitrogens is 1. The van der Waals surface area contributed by atoms with Crippen LogP contribution in [0.3, 0.4) is 0 Å². The largest absolute Gasteiger partial charge is 0.497 e. The molecule has 1 aromatic heterocycles. The second-order valence-electron chi connectivity index (χ2n) is 4.41. The Morgan fingerprint density at radius 1 is 1.37 bits per heavy atom. The third-order valence-corrected chi connectivity index (χ3v) is 4.51. The van der Waals surface area contributed by atoms with Gasteiger partial charge in [0.2, 0.25) is 0 Å². The Hall–Kier alpha value is -1.88. The van der Waals surface area contributed by atoms with Crippen LogP contribution in [-0.4, -0.2) is 18.2 Å². The molecule has 5 heteroatoms. The highest BCUT2D eigenvalue weighted by atomic mass is 32.1. The van der Waals surface area contributed by atoms with Gasteiger partial charge in [0.1, 0.15) is 5.75 Å². The number of thiazole rings is 1. The lowest BCUT2D eigenvalue weighted by Crippen LogP contribution is -2.30. The molecule has 1 aliphatic heterocycles. The monoisotopic (exact) mass is 274 g/mol. The summed E-state index contributed by atoms with van der Waals surface area (Å²) in [5.74, 6) is 0.817. The SMILES string of the molecule is COc1ccc(/C(C)=c2\sc3n(c2=O)CCN=3)cc1. The lowest BCUT2D eigenvalue weighted by Gasteiger charge is -2.02. The second-order valence-corrected chi connectivity index (χ2v) is 5.38. The highest BCUT2D eigenvalue weighted by molar-refractivity contribution is 7.07. The van der Waals surface area contributed by atoms with E-state index < -0.39 is 0 Å². The molecule has 0 bridgehead atoms. The Morgan fingerprint density at radius 2 is 2.11 bits per heavy atom. The van der Waals surface area contributed by atoms with Crippen molar-refractivity contribution in [1.82, 2.24) is 4.57 Å². The fourth-order valence-electron chi connectivity index (χ4n) is 2.17. The molecule has 98 valence electrons. The van der Waals surface area contributed by atoms with Crippen LogP contribution in [0, 0.1) is 0 Å². The summed E-state index contributed by atoms with van der Waals surface area (Å²) in [7, 11) is 1.64. The molecule has 4 nitrogen and oxygen atoms in total. The summed E-state index contributed by atoms with van der Waals surface area (Å²) in [6.07, 6.45) is 0. The number of ether oxygens (including phenoxy) is 1. The van der Waals surface area contributed by atoms with Gasteiger partial charge >= 0.3 is 0 Å². The summed E-state index contributed by atoms with van der Waals surface area (Å²) in [6, 6.07) is 7.75. The van der Waals surface area contributed by atoms with E-state index in [1.165, 1.54) is 11.3 Å². The van der Waals surface area contributed by atoms with Crippen molar-refractivity contribution in [2.24, 2.45) is 4.99 Å². The predicted octanol–water partition coefficient (Wildman–Crippen LogP) is 0.770. The third-order valence-electron chi connectivity index (χ3n) is 3.30. The average Bonchev–Trinajstić information content (AvgIpc) is 3.02. The molecule has 0 unspecified atom stereocenters. The van der Waals surface area contributed by atoms with Gasteiger partial charge in [-0.25, -0.2) is 0 Å². The Balaban J connectivity index is 2.19. The fraction of sp³-hybridized carbons (Fsp3) is 0.286. The van der Waals surface area contributed by atoms with E-state index in [1.807, 2.05) is 31.2 Å². The number of methoxy groups -OCH3 is 1. The molecule has 0 aliphatic carbocycles. The topological polar surface area (TPSA) is 43.6 Å². The fourth-order valence-corrected chi connectivity index (χ4v) is 3.26. The highest BCUT2D eigenvalue weighted by Crippen LogP contribution is 2.16. The highest BCUT2D eigenvalue weighted by Gasteiger charge is 2.11. The predicted molar refractivity (Wildman–Crippen MR) is 75.4 cm³/mol. The summed E-state index contributed by atoms with van der Waals surface area (Å²) in [5, 5.41) is 0. The number of hydrogen-bond acceptors (Lipinski definition) is 4. The molecular weight excluding hydrogens is 260 g/mol. The van der Waals surface area contributed by atoms with Crippen molar-refractivity contribution in [3.8, 4) is 5.75 Å². The van der Waals surface area contributed by atoms with Crippen molar-refractivity contribution >= 4 is 16.9 Å². The molecule has 0 amide bonds. The number of fused-ring (bicyclic) bond motifs is 1. The van der Waals surface area contributed by atoms with Crippen LogP contribution in [0.5, 0.6) is 5.75 Å². The minimum atomic E-state index is 0.0783. The van der Waals surface area contributed by atoms with Gasteiger partial charge in [-0.15, -0.1) is 0 Å². The van der Waals surface area contributed by atoms with Gasteiger partial charge in [-0.1, -0.05) is 23.5 Å². The smallest absolute Gasteiger partial charge is 0.270 e. The zero-order valence-electron chi connectivity index (χ0n) is 10.8. The van der Waals surface area contributed by atoms with E-state index in [4.69, 9.17) is 4.74 Å². The van der Waals surface area contributed by atoms with Crippen LogP contribution in [0.1, 0.15) is 12.5 Å². The van der Waals surface area contributed by atoms with Gasteiger partial charge < -0.3 is 4.74 Å². The van der Waals surface area contributed by atoms with E-state index in [-0.39, 0.29) is 5.56 Å². The Labute approximate surface area is 114 Å². The summed E-state index contributed by atoms with van der Waals surface area (Å²) in [6.45, 7) is 3.41. The Kier molecular flexibility index (Phi) is 2.98. The molecule has 0 spiro atoms. The van der Waals surface area contributed by atoms with E-state index in [9.17, 15) is 4.79 Å².